The molecule has 1 aliphatic heterocycles. The van der Waals surface area contributed by atoms with Crippen molar-refractivity contribution in [3.8, 4) is 5.69 Å². The number of benzene rings is 2. The van der Waals surface area contributed by atoms with E-state index in [1.54, 1.807) is 37.2 Å². The molecule has 3 heterocycles. The number of nitrogens with zero attached hydrogens (tertiary/aromatic N) is 5. The number of hydrogen-bond acceptors (Lipinski definition) is 5. The molecule has 4 aromatic rings. The Morgan fingerprint density at radius 1 is 1.15 bits per heavy atom. The number of sulfonamides is 1. The molecule has 0 amide bonds. The summed E-state index contributed by atoms with van der Waals surface area (Å²) in [6.07, 6.45) is 5.32. The lowest BCUT2D eigenvalue weighted by Crippen LogP contribution is -2.38. The van der Waals surface area contributed by atoms with Gasteiger partial charge in [0, 0.05) is 44.2 Å². The minimum Gasteiger partial charge on any atom is -0.384 e. The van der Waals surface area contributed by atoms with E-state index < -0.39 is 15.4 Å². The molecule has 2 aromatic carbocycles. The molecular formula is C24H26FN5O3S. The Balaban J connectivity index is 1.54. The van der Waals surface area contributed by atoms with Gasteiger partial charge >= 0.3 is 0 Å². The molecule has 34 heavy (non-hydrogen) atoms. The molecule has 8 nitrogen and oxygen atoms in total. The highest BCUT2D eigenvalue weighted by Crippen LogP contribution is 2.40. The van der Waals surface area contributed by atoms with Crippen molar-refractivity contribution in [2.45, 2.75) is 23.7 Å². The van der Waals surface area contributed by atoms with Crippen LogP contribution in [0, 0.1) is 12.7 Å². The Kier molecular flexibility index (Phi) is 5.54. The minimum atomic E-state index is -3.66. The number of hydrogen-bond donors (Lipinski definition) is 0. The Labute approximate surface area is 197 Å². The summed E-state index contributed by atoms with van der Waals surface area (Å²) >= 11 is 0. The summed E-state index contributed by atoms with van der Waals surface area (Å²) in [4.78, 5) is 0.191. The lowest BCUT2D eigenvalue weighted by atomic mass is 9.78. The van der Waals surface area contributed by atoms with E-state index in [0.717, 1.165) is 27.7 Å². The van der Waals surface area contributed by atoms with Crippen LogP contribution in [0.4, 0.5) is 4.39 Å². The average molecular weight is 484 g/mol. The average Bonchev–Trinajstić information content (AvgIpc) is 3.53. The first-order valence-corrected chi connectivity index (χ1v) is 12.4. The van der Waals surface area contributed by atoms with Crippen molar-refractivity contribution in [2.24, 2.45) is 7.05 Å². The van der Waals surface area contributed by atoms with Gasteiger partial charge in [-0.3, -0.25) is 4.68 Å². The van der Waals surface area contributed by atoms with Crippen molar-refractivity contribution in [1.82, 2.24) is 23.9 Å². The zero-order chi connectivity index (χ0) is 24.1. The molecule has 0 bridgehead atoms. The van der Waals surface area contributed by atoms with Crippen LogP contribution in [0.3, 0.4) is 0 Å². The summed E-state index contributed by atoms with van der Waals surface area (Å²) in [6, 6.07) is 10.3. The Hall–Kier alpha value is -3.08. The van der Waals surface area contributed by atoms with E-state index >= 15 is 0 Å². The van der Waals surface area contributed by atoms with Gasteiger partial charge in [0.1, 0.15) is 10.7 Å². The van der Waals surface area contributed by atoms with Gasteiger partial charge in [-0.15, -0.1) is 0 Å². The SMILES string of the molecule is COCC1(c2cc3cnn(-c4ccc(F)cc4)c3cc2C)CCN(S(=O)(=O)c2cnn(C)c2)C1. The fraction of sp³-hybridized carbons (Fsp3) is 0.333. The monoisotopic (exact) mass is 483 g/mol. The number of aryl methyl sites for hydroxylation is 2. The molecule has 0 radical (unpaired) electrons. The van der Waals surface area contributed by atoms with Crippen LogP contribution in [-0.2, 0) is 27.2 Å². The van der Waals surface area contributed by atoms with Gasteiger partial charge in [-0.2, -0.15) is 14.5 Å². The number of rotatable bonds is 6. The molecule has 1 aliphatic rings. The van der Waals surface area contributed by atoms with Crippen molar-refractivity contribution in [1.29, 1.82) is 0 Å². The van der Waals surface area contributed by atoms with E-state index in [4.69, 9.17) is 4.74 Å². The van der Waals surface area contributed by atoms with Gasteiger partial charge in [0.15, 0.2) is 0 Å². The lowest BCUT2D eigenvalue weighted by Gasteiger charge is -2.31. The molecule has 2 aromatic heterocycles. The topological polar surface area (TPSA) is 82.2 Å². The zero-order valence-electron chi connectivity index (χ0n) is 19.3. The van der Waals surface area contributed by atoms with Gasteiger partial charge in [-0.05, 0) is 60.9 Å². The number of aromatic nitrogens is 4. The smallest absolute Gasteiger partial charge is 0.246 e. The van der Waals surface area contributed by atoms with E-state index in [9.17, 15) is 12.8 Å². The first kappa shape index (κ1) is 22.7. The van der Waals surface area contributed by atoms with E-state index in [1.807, 2.05) is 6.92 Å². The number of fused-ring (bicyclic) bond motifs is 1. The quantitative estimate of drug-likeness (QED) is 0.421. The summed E-state index contributed by atoms with van der Waals surface area (Å²) in [6.45, 7) is 3.13. The summed E-state index contributed by atoms with van der Waals surface area (Å²) in [7, 11) is -0.322. The molecule has 0 N–H and O–H groups in total. The van der Waals surface area contributed by atoms with Gasteiger partial charge in [-0.25, -0.2) is 17.5 Å². The van der Waals surface area contributed by atoms with Crippen molar-refractivity contribution in [2.75, 3.05) is 26.8 Å². The highest BCUT2D eigenvalue weighted by molar-refractivity contribution is 7.89. The molecule has 0 saturated carbocycles. The third-order valence-electron chi connectivity index (χ3n) is 6.62. The highest BCUT2D eigenvalue weighted by Gasteiger charge is 2.45. The maximum absolute atomic E-state index is 13.4. The van der Waals surface area contributed by atoms with Gasteiger partial charge < -0.3 is 4.74 Å². The predicted molar refractivity (Wildman–Crippen MR) is 126 cm³/mol. The fourth-order valence-corrected chi connectivity index (χ4v) is 6.46. The predicted octanol–water partition coefficient (Wildman–Crippen LogP) is 3.19. The molecule has 0 aliphatic carbocycles. The van der Waals surface area contributed by atoms with Gasteiger partial charge in [0.2, 0.25) is 10.0 Å². The number of halogens is 1. The maximum Gasteiger partial charge on any atom is 0.246 e. The van der Waals surface area contributed by atoms with Gasteiger partial charge in [-0.1, -0.05) is 0 Å². The second-order valence-electron chi connectivity index (χ2n) is 8.91. The largest absolute Gasteiger partial charge is 0.384 e. The van der Waals surface area contributed by atoms with Crippen LogP contribution in [-0.4, -0.2) is 59.1 Å². The molecule has 1 atom stereocenters. The first-order valence-electron chi connectivity index (χ1n) is 11.0. The molecule has 1 fully saturated rings. The van der Waals surface area contributed by atoms with Crippen molar-refractivity contribution in [3.63, 3.8) is 0 Å². The summed E-state index contributed by atoms with van der Waals surface area (Å²) in [5, 5.41) is 9.46. The zero-order valence-corrected chi connectivity index (χ0v) is 20.1. The standard InChI is InChI=1S/C24H26FN5O3S/c1-17-10-23-18(12-27-30(23)20-6-4-19(25)5-7-20)11-22(17)24(16-33-3)8-9-29(15-24)34(31,32)21-13-26-28(2)14-21/h4-7,10-14H,8-9,15-16H2,1-3H3. The van der Waals surface area contributed by atoms with Crippen LogP contribution in [0.2, 0.25) is 0 Å². The normalized spacial score (nSPS) is 19.3. The summed E-state index contributed by atoms with van der Waals surface area (Å²) in [5.41, 5.74) is 3.25. The fourth-order valence-electron chi connectivity index (χ4n) is 4.95. The van der Waals surface area contributed by atoms with Gasteiger partial charge in [0.05, 0.1) is 30.2 Å². The van der Waals surface area contributed by atoms with E-state index in [2.05, 4.69) is 22.3 Å². The van der Waals surface area contributed by atoms with Crippen LogP contribution in [0.1, 0.15) is 17.5 Å². The van der Waals surface area contributed by atoms with E-state index in [0.29, 0.717) is 26.1 Å². The Morgan fingerprint density at radius 3 is 2.59 bits per heavy atom. The molecule has 1 saturated heterocycles. The van der Waals surface area contributed by atoms with Gasteiger partial charge in [0.25, 0.3) is 0 Å². The third-order valence-corrected chi connectivity index (χ3v) is 8.41. The lowest BCUT2D eigenvalue weighted by molar-refractivity contribution is 0.135. The summed E-state index contributed by atoms with van der Waals surface area (Å²) in [5.74, 6) is -0.299. The Bertz CT molecular complexity index is 1460. The van der Waals surface area contributed by atoms with E-state index in [-0.39, 0.29) is 10.7 Å². The molecule has 10 heteroatoms. The van der Waals surface area contributed by atoms with E-state index in [1.165, 1.54) is 33.5 Å². The molecule has 0 spiro atoms. The minimum absolute atomic E-state index is 0.191. The van der Waals surface area contributed by atoms with Crippen molar-refractivity contribution >= 4 is 20.9 Å². The second kappa shape index (κ2) is 8.30. The van der Waals surface area contributed by atoms with Crippen molar-refractivity contribution < 1.29 is 17.5 Å². The van der Waals surface area contributed by atoms with Crippen LogP contribution in [0.25, 0.3) is 16.6 Å². The second-order valence-corrected chi connectivity index (χ2v) is 10.8. The molecular weight excluding hydrogens is 457 g/mol. The molecule has 1 unspecified atom stereocenters. The van der Waals surface area contributed by atoms with Crippen LogP contribution in [0.5, 0.6) is 0 Å². The maximum atomic E-state index is 13.4. The third kappa shape index (κ3) is 3.71. The molecule has 178 valence electrons. The van der Waals surface area contributed by atoms with Crippen LogP contribution in [0.15, 0.2) is 59.9 Å². The molecule has 5 rings (SSSR count). The van der Waals surface area contributed by atoms with Crippen LogP contribution >= 0.6 is 0 Å². The highest BCUT2D eigenvalue weighted by atomic mass is 32.2. The van der Waals surface area contributed by atoms with Crippen molar-refractivity contribution in [3.05, 3.63) is 71.9 Å². The number of ether oxygens (including phenoxy) is 1. The number of methoxy groups -OCH3 is 1. The first-order chi connectivity index (χ1) is 16.2. The van der Waals surface area contributed by atoms with Crippen LogP contribution < -0.4 is 0 Å². The summed E-state index contributed by atoms with van der Waals surface area (Å²) < 4.78 is 50.3. The Morgan fingerprint density at radius 2 is 1.91 bits per heavy atom.